The van der Waals surface area contributed by atoms with E-state index in [2.05, 4.69) is 25.0 Å². The van der Waals surface area contributed by atoms with Gasteiger partial charge in [0.05, 0.1) is 24.4 Å². The molecule has 14 nitrogen and oxygen atoms in total. The van der Waals surface area contributed by atoms with Gasteiger partial charge in [-0.1, -0.05) is 18.2 Å². The number of nitrogens with zero attached hydrogens (tertiary/aromatic N) is 4. The lowest BCUT2D eigenvalue weighted by atomic mass is 10.1. The number of anilines is 1. The predicted octanol–water partition coefficient (Wildman–Crippen LogP) is -0.209. The number of benzene rings is 1. The predicted molar refractivity (Wildman–Crippen MR) is 131 cm³/mol. The topological polar surface area (TPSA) is 190 Å². The van der Waals surface area contributed by atoms with E-state index in [-0.39, 0.29) is 39.9 Å². The molecule has 1 saturated heterocycles. The van der Waals surface area contributed by atoms with Crippen molar-refractivity contribution in [2.24, 2.45) is 0 Å². The number of nitrogens with one attached hydrogen (secondary N) is 3. The third-order valence-corrected chi connectivity index (χ3v) is 7.53. The Kier molecular flexibility index (Phi) is 8.57. The average molecular weight is 590 g/mol. The number of sulfonamides is 1. The second kappa shape index (κ2) is 11.6. The molecule has 1 aliphatic rings. The van der Waals surface area contributed by atoms with Crippen molar-refractivity contribution < 1.29 is 46.1 Å². The number of methoxy groups -OCH3 is 1. The second-order valence-electron chi connectivity index (χ2n) is 8.68. The lowest BCUT2D eigenvalue weighted by molar-refractivity contribution is -0.173. The minimum atomic E-state index is -5.12. The standard InChI is InChI=1S/C22H26F3N7O7S/c1-26-18-15-19(32(10-28-15)20-17(34)16(33)12(39-20)9-38-2)31-14(30-18)8-29-40(36,37)13-6-4-3-5-11(13)7-27-21(35)22(23,24)25/h3-6,10,12,16-17,20,29,33-34H,7-9H2,1-2H3,(H,27,35)(H,26,30,31)/t12-,16-,17-,20-/m1/s1. The number of halogens is 3. The van der Waals surface area contributed by atoms with E-state index < -0.39 is 59.7 Å². The van der Waals surface area contributed by atoms with Gasteiger partial charge in [-0.15, -0.1) is 0 Å². The zero-order valence-corrected chi connectivity index (χ0v) is 21.9. The number of carbonyl (C=O) groups excluding carboxylic acids is 1. The summed E-state index contributed by atoms with van der Waals surface area (Å²) in [5.74, 6) is -2.00. The summed E-state index contributed by atoms with van der Waals surface area (Å²) in [5.41, 5.74) is 0.368. The van der Waals surface area contributed by atoms with Crippen molar-refractivity contribution in [3.63, 3.8) is 0 Å². The van der Waals surface area contributed by atoms with Crippen LogP contribution in [0.1, 0.15) is 17.6 Å². The molecule has 0 unspecified atom stereocenters. The Bertz CT molecular complexity index is 1490. The van der Waals surface area contributed by atoms with Crippen molar-refractivity contribution in [1.82, 2.24) is 29.6 Å². The van der Waals surface area contributed by atoms with Gasteiger partial charge in [-0.05, 0) is 11.6 Å². The molecule has 40 heavy (non-hydrogen) atoms. The van der Waals surface area contributed by atoms with E-state index >= 15 is 0 Å². The molecule has 0 radical (unpaired) electrons. The second-order valence-corrected chi connectivity index (χ2v) is 10.4. The summed E-state index contributed by atoms with van der Waals surface area (Å²) in [6.07, 6.45) is -8.29. The summed E-state index contributed by atoms with van der Waals surface area (Å²) in [5, 5.41) is 25.3. The van der Waals surface area contributed by atoms with E-state index in [4.69, 9.17) is 9.47 Å². The van der Waals surface area contributed by atoms with Crippen LogP contribution in [-0.4, -0.2) is 89.3 Å². The molecule has 0 bridgehead atoms. The lowest BCUT2D eigenvalue weighted by Crippen LogP contribution is -2.36. The number of alkyl halides is 3. The number of hydrogen-bond acceptors (Lipinski definition) is 11. The van der Waals surface area contributed by atoms with Crippen LogP contribution < -0.4 is 15.4 Å². The van der Waals surface area contributed by atoms with E-state index in [0.717, 1.165) is 0 Å². The van der Waals surface area contributed by atoms with Gasteiger partial charge in [0.1, 0.15) is 24.1 Å². The maximum absolute atomic E-state index is 13.1. The lowest BCUT2D eigenvalue weighted by Gasteiger charge is -2.17. The van der Waals surface area contributed by atoms with Gasteiger partial charge in [0, 0.05) is 20.7 Å². The van der Waals surface area contributed by atoms with Crippen LogP contribution in [0.3, 0.4) is 0 Å². The van der Waals surface area contributed by atoms with Crippen molar-refractivity contribution >= 4 is 32.9 Å². The molecule has 3 aromatic rings. The first-order valence-electron chi connectivity index (χ1n) is 11.7. The average Bonchev–Trinajstić information content (AvgIpc) is 3.46. The van der Waals surface area contributed by atoms with Crippen molar-refractivity contribution in [2.45, 2.75) is 48.7 Å². The molecule has 218 valence electrons. The van der Waals surface area contributed by atoms with Gasteiger partial charge in [-0.2, -0.15) is 13.2 Å². The van der Waals surface area contributed by atoms with Crippen LogP contribution in [0.5, 0.6) is 0 Å². The van der Waals surface area contributed by atoms with Crippen LogP contribution in [0.15, 0.2) is 35.5 Å². The molecule has 18 heteroatoms. The minimum absolute atomic E-state index is 0.0203. The molecule has 0 aliphatic carbocycles. The molecular formula is C22H26F3N7O7S. The van der Waals surface area contributed by atoms with E-state index in [1.807, 2.05) is 0 Å². The van der Waals surface area contributed by atoms with Crippen LogP contribution in [0.2, 0.25) is 0 Å². The number of amides is 1. The largest absolute Gasteiger partial charge is 0.471 e. The van der Waals surface area contributed by atoms with Gasteiger partial charge in [-0.3, -0.25) is 9.36 Å². The van der Waals surface area contributed by atoms with Crippen LogP contribution in [0.4, 0.5) is 19.0 Å². The first-order chi connectivity index (χ1) is 18.9. The van der Waals surface area contributed by atoms with Gasteiger partial charge in [0.25, 0.3) is 0 Å². The Labute approximate surface area is 225 Å². The fourth-order valence-electron chi connectivity index (χ4n) is 4.09. The van der Waals surface area contributed by atoms with Crippen LogP contribution in [0.25, 0.3) is 11.2 Å². The molecule has 4 rings (SSSR count). The number of ether oxygens (including phenoxy) is 2. The monoisotopic (exact) mass is 589 g/mol. The summed E-state index contributed by atoms with van der Waals surface area (Å²) in [6.45, 7) is -1.10. The van der Waals surface area contributed by atoms with E-state index in [9.17, 15) is 36.6 Å². The highest BCUT2D eigenvalue weighted by atomic mass is 32.2. The molecule has 0 spiro atoms. The van der Waals surface area contributed by atoms with Gasteiger partial charge in [0.2, 0.25) is 10.0 Å². The fraction of sp³-hybridized carbons (Fsp3) is 0.455. The Morgan fingerprint density at radius 2 is 1.90 bits per heavy atom. The van der Waals surface area contributed by atoms with Crippen molar-refractivity contribution in [3.8, 4) is 0 Å². The van der Waals surface area contributed by atoms with Crippen LogP contribution >= 0.6 is 0 Å². The van der Waals surface area contributed by atoms with Crippen molar-refractivity contribution in [2.75, 3.05) is 26.1 Å². The van der Waals surface area contributed by atoms with Crippen LogP contribution in [-0.2, 0) is 37.4 Å². The van der Waals surface area contributed by atoms with E-state index in [1.54, 1.807) is 12.4 Å². The fourth-order valence-corrected chi connectivity index (χ4v) is 5.30. The number of aromatic nitrogens is 4. The highest BCUT2D eigenvalue weighted by Gasteiger charge is 2.44. The molecule has 0 saturated carbocycles. The number of imidazole rings is 1. The first kappa shape index (κ1) is 29.6. The van der Waals surface area contributed by atoms with E-state index in [0.29, 0.717) is 0 Å². The maximum Gasteiger partial charge on any atom is 0.471 e. The van der Waals surface area contributed by atoms with Gasteiger partial charge >= 0.3 is 12.1 Å². The Morgan fingerprint density at radius 3 is 2.58 bits per heavy atom. The summed E-state index contributed by atoms with van der Waals surface area (Å²) < 4.78 is 78.2. The number of rotatable bonds is 10. The summed E-state index contributed by atoms with van der Waals surface area (Å²) in [4.78, 5) is 23.7. The number of carbonyl (C=O) groups is 1. The Hall–Kier alpha value is -3.42. The normalized spacial score (nSPS) is 21.6. The summed E-state index contributed by atoms with van der Waals surface area (Å²) in [7, 11) is -1.33. The van der Waals surface area contributed by atoms with Gasteiger partial charge in [-0.25, -0.2) is 28.1 Å². The van der Waals surface area contributed by atoms with Gasteiger partial charge < -0.3 is 30.3 Å². The van der Waals surface area contributed by atoms with Crippen molar-refractivity contribution in [1.29, 1.82) is 0 Å². The summed E-state index contributed by atoms with van der Waals surface area (Å²) >= 11 is 0. The first-order valence-corrected chi connectivity index (χ1v) is 13.2. The quantitative estimate of drug-likeness (QED) is 0.210. The zero-order chi connectivity index (χ0) is 29.2. The highest BCUT2D eigenvalue weighted by molar-refractivity contribution is 7.89. The Morgan fingerprint density at radius 1 is 1.18 bits per heavy atom. The number of fused-ring (bicyclic) bond motifs is 1. The molecule has 4 atom stereocenters. The molecule has 5 N–H and O–H groups in total. The van der Waals surface area contributed by atoms with Gasteiger partial charge in [0.15, 0.2) is 23.2 Å². The molecule has 1 amide bonds. The molecule has 1 aliphatic heterocycles. The van der Waals surface area contributed by atoms with E-state index in [1.165, 1.54) is 42.3 Å². The molecule has 3 heterocycles. The van der Waals surface area contributed by atoms with Crippen molar-refractivity contribution in [3.05, 3.63) is 42.0 Å². The zero-order valence-electron chi connectivity index (χ0n) is 21.1. The smallest absolute Gasteiger partial charge is 0.387 e. The number of hydrogen-bond donors (Lipinski definition) is 5. The number of aliphatic hydroxyl groups excluding tert-OH is 2. The summed E-state index contributed by atoms with van der Waals surface area (Å²) in [6, 6.07) is 5.24. The number of aliphatic hydroxyl groups is 2. The van der Waals surface area contributed by atoms with Crippen LogP contribution in [0, 0.1) is 0 Å². The minimum Gasteiger partial charge on any atom is -0.387 e. The third-order valence-electron chi connectivity index (χ3n) is 6.03. The third kappa shape index (κ3) is 6.01. The maximum atomic E-state index is 13.1. The molecule has 2 aromatic heterocycles. The molecular weight excluding hydrogens is 563 g/mol. The molecule has 1 aromatic carbocycles. The highest BCUT2D eigenvalue weighted by Crippen LogP contribution is 2.32. The SMILES string of the molecule is CNc1nc(CNS(=O)(=O)c2ccccc2CNC(=O)C(F)(F)F)nc2c1ncn2[C@@H]1O[C@H](COC)[C@@H](O)[C@H]1O. The molecule has 1 fully saturated rings. The Balaban J connectivity index is 1.58.